The standard InChI is InChI=1S/C23H30N2O4S/c1-3-4-7-18-11-13-20(14-12-18)25-30(27,28)21-9-5-8-19(16-21)23(26)24-17(2)22-10-6-15-29-22/h5,8-9,11-14,16-17,22,25H,3-4,6-7,10,15H2,1-2H3,(H,24,26). The van der Waals surface area contributed by atoms with Gasteiger partial charge in [-0.1, -0.05) is 31.5 Å². The zero-order chi connectivity index (χ0) is 21.6. The van der Waals surface area contributed by atoms with Gasteiger partial charge < -0.3 is 10.1 Å². The lowest BCUT2D eigenvalue weighted by atomic mass is 10.1. The number of hydrogen-bond donors (Lipinski definition) is 2. The third-order valence-corrected chi connectivity index (χ3v) is 6.69. The van der Waals surface area contributed by atoms with Crippen LogP contribution in [0.15, 0.2) is 53.4 Å². The average Bonchev–Trinajstić information content (AvgIpc) is 3.28. The highest BCUT2D eigenvalue weighted by molar-refractivity contribution is 7.92. The summed E-state index contributed by atoms with van der Waals surface area (Å²) in [5, 5.41) is 2.91. The molecule has 2 unspecified atom stereocenters. The van der Waals surface area contributed by atoms with E-state index in [-0.39, 0.29) is 22.9 Å². The largest absolute Gasteiger partial charge is 0.376 e. The van der Waals surface area contributed by atoms with Crippen molar-refractivity contribution < 1.29 is 17.9 Å². The van der Waals surface area contributed by atoms with E-state index in [4.69, 9.17) is 4.74 Å². The Bertz CT molecular complexity index is 951. The van der Waals surface area contributed by atoms with Crippen molar-refractivity contribution in [1.29, 1.82) is 0 Å². The van der Waals surface area contributed by atoms with Gasteiger partial charge in [0, 0.05) is 17.9 Å². The summed E-state index contributed by atoms with van der Waals surface area (Å²) >= 11 is 0. The first-order valence-electron chi connectivity index (χ1n) is 10.5. The molecule has 2 atom stereocenters. The summed E-state index contributed by atoms with van der Waals surface area (Å²) in [7, 11) is -3.80. The summed E-state index contributed by atoms with van der Waals surface area (Å²) in [6, 6.07) is 13.3. The highest BCUT2D eigenvalue weighted by Gasteiger charge is 2.24. The van der Waals surface area contributed by atoms with Crippen molar-refractivity contribution in [3.63, 3.8) is 0 Å². The van der Waals surface area contributed by atoms with Gasteiger partial charge in [0.1, 0.15) is 0 Å². The van der Waals surface area contributed by atoms with E-state index in [9.17, 15) is 13.2 Å². The lowest BCUT2D eigenvalue weighted by Crippen LogP contribution is -2.40. The van der Waals surface area contributed by atoms with E-state index in [1.165, 1.54) is 17.7 Å². The molecule has 1 aliphatic rings. The fraction of sp³-hybridized carbons (Fsp3) is 0.435. The summed E-state index contributed by atoms with van der Waals surface area (Å²) in [6.45, 7) is 4.75. The number of aryl methyl sites for hydroxylation is 1. The molecule has 162 valence electrons. The van der Waals surface area contributed by atoms with Gasteiger partial charge in [0.15, 0.2) is 0 Å². The Morgan fingerprint density at radius 1 is 1.20 bits per heavy atom. The van der Waals surface area contributed by atoms with E-state index < -0.39 is 10.0 Å². The summed E-state index contributed by atoms with van der Waals surface area (Å²) in [4.78, 5) is 12.6. The monoisotopic (exact) mass is 430 g/mol. The van der Waals surface area contributed by atoms with E-state index in [0.717, 1.165) is 32.1 Å². The molecule has 0 aromatic heterocycles. The van der Waals surface area contributed by atoms with Crippen molar-refractivity contribution in [2.24, 2.45) is 0 Å². The quantitative estimate of drug-likeness (QED) is 0.627. The first kappa shape index (κ1) is 22.3. The summed E-state index contributed by atoms with van der Waals surface area (Å²) in [5.74, 6) is -0.310. The van der Waals surface area contributed by atoms with Crippen molar-refractivity contribution in [2.75, 3.05) is 11.3 Å². The van der Waals surface area contributed by atoms with Crippen molar-refractivity contribution in [3.05, 3.63) is 59.7 Å². The smallest absolute Gasteiger partial charge is 0.261 e. The van der Waals surface area contributed by atoms with Crippen LogP contribution >= 0.6 is 0 Å². The second kappa shape index (κ2) is 10.1. The third-order valence-electron chi connectivity index (χ3n) is 5.31. The number of nitrogens with one attached hydrogen (secondary N) is 2. The van der Waals surface area contributed by atoms with Crippen molar-refractivity contribution in [2.45, 2.75) is 63.0 Å². The van der Waals surface area contributed by atoms with Gasteiger partial charge in [-0.15, -0.1) is 0 Å². The minimum absolute atomic E-state index is 0.00262. The number of hydrogen-bond acceptors (Lipinski definition) is 4. The highest BCUT2D eigenvalue weighted by atomic mass is 32.2. The highest BCUT2D eigenvalue weighted by Crippen LogP contribution is 2.19. The molecule has 2 aromatic rings. The SMILES string of the molecule is CCCCc1ccc(NS(=O)(=O)c2cccc(C(=O)NC(C)C3CCCO3)c2)cc1. The Balaban J connectivity index is 1.68. The molecule has 3 rings (SSSR count). The fourth-order valence-electron chi connectivity index (χ4n) is 3.52. The summed E-state index contributed by atoms with van der Waals surface area (Å²) in [6.07, 6.45) is 5.10. The molecule has 0 spiro atoms. The molecule has 0 saturated carbocycles. The molecular formula is C23H30N2O4S. The Hall–Kier alpha value is -2.38. The molecule has 1 amide bonds. The van der Waals surface area contributed by atoms with Gasteiger partial charge >= 0.3 is 0 Å². The van der Waals surface area contributed by atoms with Gasteiger partial charge in [0.2, 0.25) is 0 Å². The predicted molar refractivity (Wildman–Crippen MR) is 118 cm³/mol. The number of carbonyl (C=O) groups excluding carboxylic acids is 1. The van der Waals surface area contributed by atoms with Crippen LogP contribution in [0.5, 0.6) is 0 Å². The van der Waals surface area contributed by atoms with Crippen LogP contribution in [-0.2, 0) is 21.2 Å². The van der Waals surface area contributed by atoms with Gasteiger partial charge in [-0.3, -0.25) is 9.52 Å². The van der Waals surface area contributed by atoms with Gasteiger partial charge in [-0.2, -0.15) is 0 Å². The first-order chi connectivity index (χ1) is 14.4. The molecule has 2 aromatic carbocycles. The second-order valence-electron chi connectivity index (χ2n) is 7.75. The number of rotatable bonds is 9. The Morgan fingerprint density at radius 2 is 1.97 bits per heavy atom. The Kier molecular flexibility index (Phi) is 7.50. The van der Waals surface area contributed by atoms with Crippen LogP contribution in [0.3, 0.4) is 0 Å². The van der Waals surface area contributed by atoms with Crippen LogP contribution in [0.1, 0.15) is 55.5 Å². The molecule has 30 heavy (non-hydrogen) atoms. The van der Waals surface area contributed by atoms with Crippen LogP contribution in [0.4, 0.5) is 5.69 Å². The maximum atomic E-state index is 12.8. The Morgan fingerprint density at radius 3 is 2.63 bits per heavy atom. The van der Waals surface area contributed by atoms with Gasteiger partial charge in [0.05, 0.1) is 17.0 Å². The Labute approximate surface area is 179 Å². The summed E-state index contributed by atoms with van der Waals surface area (Å²) < 4.78 is 33.8. The maximum Gasteiger partial charge on any atom is 0.261 e. The van der Waals surface area contributed by atoms with Crippen molar-refractivity contribution in [1.82, 2.24) is 5.32 Å². The van der Waals surface area contributed by atoms with E-state index in [0.29, 0.717) is 17.9 Å². The lowest BCUT2D eigenvalue weighted by Gasteiger charge is -2.20. The molecule has 1 saturated heterocycles. The zero-order valence-electron chi connectivity index (χ0n) is 17.6. The molecule has 1 aliphatic heterocycles. The van der Waals surface area contributed by atoms with Crippen molar-refractivity contribution >= 4 is 21.6 Å². The maximum absolute atomic E-state index is 12.8. The topological polar surface area (TPSA) is 84.5 Å². The third kappa shape index (κ3) is 5.83. The van der Waals surface area contributed by atoms with E-state index in [1.807, 2.05) is 19.1 Å². The molecule has 0 aliphatic carbocycles. The van der Waals surface area contributed by atoms with Crippen LogP contribution in [-0.4, -0.2) is 33.1 Å². The molecule has 6 nitrogen and oxygen atoms in total. The van der Waals surface area contributed by atoms with Crippen LogP contribution in [0.2, 0.25) is 0 Å². The lowest BCUT2D eigenvalue weighted by molar-refractivity contribution is 0.0712. The zero-order valence-corrected chi connectivity index (χ0v) is 18.4. The van der Waals surface area contributed by atoms with Gasteiger partial charge in [-0.25, -0.2) is 8.42 Å². The first-order valence-corrected chi connectivity index (χ1v) is 12.0. The minimum atomic E-state index is -3.80. The molecular weight excluding hydrogens is 400 g/mol. The molecule has 2 N–H and O–H groups in total. The van der Waals surface area contributed by atoms with Crippen molar-refractivity contribution in [3.8, 4) is 0 Å². The van der Waals surface area contributed by atoms with Gasteiger partial charge in [-0.05, 0) is 68.5 Å². The number of ether oxygens (including phenoxy) is 1. The van der Waals surface area contributed by atoms with Crippen LogP contribution in [0.25, 0.3) is 0 Å². The number of sulfonamides is 1. The van der Waals surface area contributed by atoms with E-state index >= 15 is 0 Å². The number of anilines is 1. The van der Waals surface area contributed by atoms with Crippen LogP contribution < -0.4 is 10.0 Å². The van der Waals surface area contributed by atoms with Crippen LogP contribution in [0, 0.1) is 0 Å². The fourth-order valence-corrected chi connectivity index (χ4v) is 4.62. The second-order valence-corrected chi connectivity index (χ2v) is 9.43. The van der Waals surface area contributed by atoms with E-state index in [2.05, 4.69) is 17.0 Å². The molecule has 1 fully saturated rings. The summed E-state index contributed by atoms with van der Waals surface area (Å²) in [5.41, 5.74) is 1.98. The predicted octanol–water partition coefficient (Wildman–Crippen LogP) is 4.13. The number of unbranched alkanes of at least 4 members (excludes halogenated alkanes) is 1. The minimum Gasteiger partial charge on any atom is -0.376 e. The van der Waals surface area contributed by atoms with E-state index in [1.54, 1.807) is 24.3 Å². The molecule has 7 heteroatoms. The normalized spacial score (nSPS) is 17.5. The molecule has 0 bridgehead atoms. The molecule has 0 radical (unpaired) electrons. The number of amides is 1. The number of benzene rings is 2. The van der Waals surface area contributed by atoms with Gasteiger partial charge in [0.25, 0.3) is 15.9 Å². The average molecular weight is 431 g/mol. The molecule has 1 heterocycles. The number of carbonyl (C=O) groups is 1.